The van der Waals surface area contributed by atoms with E-state index in [-0.39, 0.29) is 12.0 Å². The standard InChI is InChI=1S/C30H31ClF3N7/c1-3-4-6-21-8-10-22(11-9-21)26-37-28(36-24-14-12-23(13-15-24)30(32,33)34)39-29(38-26)41-18-17-40(19-20(41)2)27-25(31)7-5-16-35-27/h5,7-16,20H,3-4,6,17-19H2,1-2H3,(H,36,37,38,39). The molecule has 1 saturated heterocycles. The molecule has 0 saturated carbocycles. The largest absolute Gasteiger partial charge is 0.416 e. The third kappa shape index (κ3) is 6.87. The second kappa shape index (κ2) is 12.3. The minimum Gasteiger partial charge on any atom is -0.352 e. The van der Waals surface area contributed by atoms with Crippen LogP contribution in [0.1, 0.15) is 37.8 Å². The highest BCUT2D eigenvalue weighted by Gasteiger charge is 2.30. The number of rotatable bonds is 8. The molecule has 1 unspecified atom stereocenters. The van der Waals surface area contributed by atoms with Crippen LogP contribution in [0.2, 0.25) is 5.02 Å². The number of benzene rings is 2. The van der Waals surface area contributed by atoms with Gasteiger partial charge in [0.15, 0.2) is 5.82 Å². The average Bonchev–Trinajstić information content (AvgIpc) is 2.96. The summed E-state index contributed by atoms with van der Waals surface area (Å²) in [4.78, 5) is 22.8. The van der Waals surface area contributed by atoms with Crippen LogP contribution in [0.3, 0.4) is 0 Å². The first kappa shape index (κ1) is 28.6. The van der Waals surface area contributed by atoms with E-state index < -0.39 is 11.7 Å². The molecule has 41 heavy (non-hydrogen) atoms. The van der Waals surface area contributed by atoms with Crippen molar-refractivity contribution < 1.29 is 13.2 Å². The Bertz CT molecular complexity index is 1460. The third-order valence-electron chi connectivity index (χ3n) is 7.05. The van der Waals surface area contributed by atoms with Gasteiger partial charge in [0.05, 0.1) is 10.6 Å². The molecule has 7 nitrogen and oxygen atoms in total. The summed E-state index contributed by atoms with van der Waals surface area (Å²) >= 11 is 6.40. The van der Waals surface area contributed by atoms with Crippen molar-refractivity contribution in [3.05, 3.63) is 83.0 Å². The van der Waals surface area contributed by atoms with Gasteiger partial charge in [-0.25, -0.2) is 4.98 Å². The minimum atomic E-state index is -4.41. The second-order valence-electron chi connectivity index (χ2n) is 10.1. The smallest absolute Gasteiger partial charge is 0.352 e. The summed E-state index contributed by atoms with van der Waals surface area (Å²) < 4.78 is 39.2. The highest BCUT2D eigenvalue weighted by Crippen LogP contribution is 2.31. The number of unbranched alkanes of at least 4 members (excludes halogenated alkanes) is 1. The summed E-state index contributed by atoms with van der Waals surface area (Å²) in [6.45, 7) is 6.18. The number of nitrogens with zero attached hydrogens (tertiary/aromatic N) is 6. The summed E-state index contributed by atoms with van der Waals surface area (Å²) in [5.74, 6) is 1.96. The van der Waals surface area contributed by atoms with E-state index in [2.05, 4.69) is 56.0 Å². The van der Waals surface area contributed by atoms with Crippen molar-refractivity contribution >= 4 is 35.0 Å². The Hall–Kier alpha value is -3.92. The van der Waals surface area contributed by atoms with E-state index in [1.54, 1.807) is 12.3 Å². The van der Waals surface area contributed by atoms with Gasteiger partial charge in [-0.3, -0.25) is 0 Å². The van der Waals surface area contributed by atoms with Crippen LogP contribution >= 0.6 is 11.6 Å². The van der Waals surface area contributed by atoms with Crippen LogP contribution in [0.4, 0.5) is 36.6 Å². The van der Waals surface area contributed by atoms with E-state index >= 15 is 0 Å². The van der Waals surface area contributed by atoms with E-state index in [0.717, 1.165) is 42.8 Å². The lowest BCUT2D eigenvalue weighted by Crippen LogP contribution is -2.53. The molecule has 1 atom stereocenters. The summed E-state index contributed by atoms with van der Waals surface area (Å²) in [5.41, 5.74) is 1.79. The van der Waals surface area contributed by atoms with Crippen molar-refractivity contribution in [2.24, 2.45) is 0 Å². The van der Waals surface area contributed by atoms with Crippen molar-refractivity contribution in [2.75, 3.05) is 34.8 Å². The molecule has 1 aliphatic rings. The van der Waals surface area contributed by atoms with E-state index in [1.165, 1.54) is 17.7 Å². The molecular weight excluding hydrogens is 551 g/mol. The van der Waals surface area contributed by atoms with E-state index in [0.29, 0.717) is 42.1 Å². The Balaban J connectivity index is 1.44. The molecule has 11 heteroatoms. The number of aromatic nitrogens is 4. The number of alkyl halides is 3. The molecular formula is C30H31ClF3N7. The first-order chi connectivity index (χ1) is 19.7. The molecule has 1 N–H and O–H groups in total. The Labute approximate surface area is 242 Å². The lowest BCUT2D eigenvalue weighted by atomic mass is 10.1. The van der Waals surface area contributed by atoms with Gasteiger partial charge in [-0.15, -0.1) is 0 Å². The summed E-state index contributed by atoms with van der Waals surface area (Å²) in [7, 11) is 0. The van der Waals surface area contributed by atoms with Crippen LogP contribution in [0.25, 0.3) is 11.4 Å². The van der Waals surface area contributed by atoms with Gasteiger partial charge in [-0.1, -0.05) is 49.2 Å². The van der Waals surface area contributed by atoms with Crippen molar-refractivity contribution in [2.45, 2.75) is 45.3 Å². The van der Waals surface area contributed by atoms with Crippen LogP contribution in [0.15, 0.2) is 66.9 Å². The lowest BCUT2D eigenvalue weighted by Gasteiger charge is -2.40. The fourth-order valence-corrected chi connectivity index (χ4v) is 5.05. The number of nitrogens with one attached hydrogen (secondary N) is 1. The predicted molar refractivity (Wildman–Crippen MR) is 157 cm³/mol. The number of anilines is 4. The molecule has 1 aliphatic heterocycles. The Morgan fingerprint density at radius 1 is 0.976 bits per heavy atom. The van der Waals surface area contributed by atoms with Gasteiger partial charge in [0, 0.05) is 43.1 Å². The Morgan fingerprint density at radius 2 is 1.73 bits per heavy atom. The van der Waals surface area contributed by atoms with Gasteiger partial charge in [0.2, 0.25) is 11.9 Å². The zero-order valence-corrected chi connectivity index (χ0v) is 23.6. The Morgan fingerprint density at radius 3 is 2.39 bits per heavy atom. The quantitative estimate of drug-likeness (QED) is 0.232. The molecule has 0 bridgehead atoms. The van der Waals surface area contributed by atoms with Crippen LogP contribution < -0.4 is 15.1 Å². The normalized spacial score (nSPS) is 15.7. The van der Waals surface area contributed by atoms with Crippen LogP contribution in [-0.4, -0.2) is 45.6 Å². The summed E-state index contributed by atoms with van der Waals surface area (Å²) in [6, 6.07) is 16.6. The van der Waals surface area contributed by atoms with Crippen LogP contribution in [0, 0.1) is 0 Å². The SMILES string of the molecule is CCCCc1ccc(-c2nc(Nc3ccc(C(F)(F)F)cc3)nc(N3CCN(c4ncccc4Cl)CC3C)n2)cc1. The second-order valence-corrected chi connectivity index (χ2v) is 10.5. The molecule has 4 aromatic rings. The maximum Gasteiger partial charge on any atom is 0.416 e. The zero-order chi connectivity index (χ0) is 29.0. The number of hydrogen-bond donors (Lipinski definition) is 1. The molecule has 0 spiro atoms. The van der Waals surface area contributed by atoms with E-state index in [9.17, 15) is 13.2 Å². The van der Waals surface area contributed by atoms with Gasteiger partial charge >= 0.3 is 6.18 Å². The van der Waals surface area contributed by atoms with Gasteiger partial charge in [0.25, 0.3) is 0 Å². The summed E-state index contributed by atoms with van der Waals surface area (Å²) in [6.07, 6.45) is 0.554. The van der Waals surface area contributed by atoms with Gasteiger partial charge in [-0.2, -0.15) is 28.1 Å². The fraction of sp³-hybridized carbons (Fsp3) is 0.333. The molecule has 2 aromatic carbocycles. The monoisotopic (exact) mass is 581 g/mol. The predicted octanol–water partition coefficient (Wildman–Crippen LogP) is 7.41. The molecule has 3 heterocycles. The van der Waals surface area contributed by atoms with E-state index in [4.69, 9.17) is 16.6 Å². The van der Waals surface area contributed by atoms with Crippen molar-refractivity contribution in [3.63, 3.8) is 0 Å². The highest BCUT2D eigenvalue weighted by atomic mass is 35.5. The average molecular weight is 582 g/mol. The topological polar surface area (TPSA) is 70.1 Å². The number of piperazine rings is 1. The first-order valence-electron chi connectivity index (χ1n) is 13.6. The number of halogens is 4. The molecule has 0 aliphatic carbocycles. The molecule has 0 radical (unpaired) electrons. The van der Waals surface area contributed by atoms with Crippen LogP contribution in [0.5, 0.6) is 0 Å². The lowest BCUT2D eigenvalue weighted by molar-refractivity contribution is -0.137. The van der Waals surface area contributed by atoms with Crippen molar-refractivity contribution in [3.8, 4) is 11.4 Å². The zero-order valence-electron chi connectivity index (χ0n) is 22.9. The van der Waals surface area contributed by atoms with Gasteiger partial charge < -0.3 is 15.1 Å². The van der Waals surface area contributed by atoms with E-state index in [1.807, 2.05) is 18.2 Å². The first-order valence-corrected chi connectivity index (χ1v) is 14.0. The molecule has 0 amide bonds. The molecule has 214 valence electrons. The molecule has 5 rings (SSSR count). The van der Waals surface area contributed by atoms with Gasteiger partial charge in [0.1, 0.15) is 5.82 Å². The number of aryl methyl sites for hydroxylation is 1. The van der Waals surface area contributed by atoms with Gasteiger partial charge in [-0.05, 0) is 61.7 Å². The minimum absolute atomic E-state index is 0.0208. The fourth-order valence-electron chi connectivity index (χ4n) is 4.81. The summed E-state index contributed by atoms with van der Waals surface area (Å²) in [5, 5.41) is 3.67. The highest BCUT2D eigenvalue weighted by molar-refractivity contribution is 6.32. The maximum absolute atomic E-state index is 13.1. The number of hydrogen-bond acceptors (Lipinski definition) is 7. The number of pyridine rings is 1. The third-order valence-corrected chi connectivity index (χ3v) is 7.34. The molecule has 1 fully saturated rings. The van der Waals surface area contributed by atoms with Crippen molar-refractivity contribution in [1.29, 1.82) is 0 Å². The Kier molecular flexibility index (Phi) is 8.58. The molecule has 2 aromatic heterocycles. The van der Waals surface area contributed by atoms with Crippen LogP contribution in [-0.2, 0) is 12.6 Å². The van der Waals surface area contributed by atoms with Crippen molar-refractivity contribution in [1.82, 2.24) is 19.9 Å². The maximum atomic E-state index is 13.1.